The van der Waals surface area contributed by atoms with Crippen LogP contribution in [0, 0.1) is 5.92 Å². The average Bonchev–Trinajstić information content (AvgIpc) is 3.70. The molecule has 0 radical (unpaired) electrons. The third kappa shape index (κ3) is 17.7. The van der Waals surface area contributed by atoms with Gasteiger partial charge in [-0.05, 0) is 72.9 Å². The Kier molecular flexibility index (Phi) is 21.5. The maximum Gasteiger partial charge on any atom is 0.243 e. The van der Waals surface area contributed by atoms with Crippen LogP contribution in [-0.2, 0) is 49.7 Å². The summed E-state index contributed by atoms with van der Waals surface area (Å²) in [5.41, 5.74) is 10.8. The highest BCUT2D eigenvalue weighted by Gasteiger charge is 2.29. The van der Waals surface area contributed by atoms with Gasteiger partial charge in [0.1, 0.15) is 6.04 Å². The zero-order valence-electron chi connectivity index (χ0n) is 37.7. The number of H-pyrrole nitrogens is 1. The highest BCUT2D eigenvalue weighted by molar-refractivity contribution is 5.90. The SMILES string of the molecule is C.CC(C)[C@@H](CC(=O)N(C)CCc1ccccc1)NC(=O)C[C@H](CCCCN)NC(=O)[C@@H](Cc1c[nH]c2ccccc12)NC(=O)C[C@H](Cc1ccccc1)NC(=O)CCc1ccccc1. The van der Waals surface area contributed by atoms with Crippen LogP contribution in [0.4, 0.5) is 0 Å². The van der Waals surface area contributed by atoms with Gasteiger partial charge in [0.25, 0.3) is 0 Å². The molecule has 0 spiro atoms. The second-order valence-corrected chi connectivity index (χ2v) is 17.2. The first kappa shape index (κ1) is 51.4. The number of likely N-dealkylation sites (N-methyl/N-ethyl adjacent to an activating group) is 1. The van der Waals surface area contributed by atoms with Gasteiger partial charge in [0.15, 0.2) is 0 Å². The number of unbranched alkanes of at least 4 members (excludes halogenated alkanes) is 1. The van der Waals surface area contributed by atoms with Crippen molar-refractivity contribution in [2.75, 3.05) is 20.1 Å². The molecule has 348 valence electrons. The van der Waals surface area contributed by atoms with E-state index in [2.05, 4.69) is 26.3 Å². The van der Waals surface area contributed by atoms with E-state index in [9.17, 15) is 24.0 Å². The minimum atomic E-state index is -0.995. The molecule has 1 aromatic heterocycles. The molecular weight excluding hydrogens is 815 g/mol. The van der Waals surface area contributed by atoms with Crippen LogP contribution in [0.2, 0.25) is 0 Å². The predicted molar refractivity (Wildman–Crippen MR) is 261 cm³/mol. The molecule has 0 fully saturated rings. The van der Waals surface area contributed by atoms with Crippen LogP contribution in [0.5, 0.6) is 0 Å². The van der Waals surface area contributed by atoms with Gasteiger partial charge in [-0.15, -0.1) is 0 Å². The van der Waals surface area contributed by atoms with Crippen LogP contribution in [-0.4, -0.2) is 83.7 Å². The number of nitrogens with two attached hydrogens (primary N) is 1. The number of aromatic nitrogens is 1. The van der Waals surface area contributed by atoms with Crippen molar-refractivity contribution in [1.82, 2.24) is 31.2 Å². The predicted octanol–water partition coefficient (Wildman–Crippen LogP) is 6.82. The summed E-state index contributed by atoms with van der Waals surface area (Å²) in [6.07, 6.45) is 5.98. The molecule has 12 nitrogen and oxygen atoms in total. The van der Waals surface area contributed by atoms with Gasteiger partial charge in [-0.1, -0.05) is 137 Å². The summed E-state index contributed by atoms with van der Waals surface area (Å²) < 4.78 is 0. The first-order chi connectivity index (χ1) is 31.0. The summed E-state index contributed by atoms with van der Waals surface area (Å²) in [5, 5.41) is 13.2. The van der Waals surface area contributed by atoms with Crippen LogP contribution < -0.4 is 27.0 Å². The van der Waals surface area contributed by atoms with Crippen LogP contribution in [0.25, 0.3) is 10.9 Å². The molecule has 0 saturated heterocycles. The molecule has 0 aliphatic carbocycles. The van der Waals surface area contributed by atoms with Gasteiger partial charge in [-0.3, -0.25) is 24.0 Å². The van der Waals surface area contributed by atoms with E-state index >= 15 is 0 Å². The zero-order chi connectivity index (χ0) is 45.7. The van der Waals surface area contributed by atoms with Crippen molar-refractivity contribution in [3.8, 4) is 0 Å². The van der Waals surface area contributed by atoms with E-state index in [1.807, 2.05) is 135 Å². The molecular formula is C53H71N7O5. The number of carbonyl (C=O) groups is 5. The fraction of sp³-hybridized carbons (Fsp3) is 0.415. The summed E-state index contributed by atoms with van der Waals surface area (Å²) in [6.45, 7) is 4.97. The van der Waals surface area contributed by atoms with Crippen molar-refractivity contribution in [2.24, 2.45) is 11.7 Å². The van der Waals surface area contributed by atoms with E-state index in [1.54, 1.807) is 11.9 Å². The number of hydrogen-bond acceptors (Lipinski definition) is 6. The number of nitrogens with zero attached hydrogens (tertiary/aromatic N) is 1. The number of hydrogen-bond donors (Lipinski definition) is 6. The quantitative estimate of drug-likeness (QED) is 0.0332. The number of carbonyl (C=O) groups excluding carboxylic acids is 5. The average molecular weight is 886 g/mol. The van der Waals surface area contributed by atoms with E-state index in [0.717, 1.165) is 39.6 Å². The Morgan fingerprint density at radius 1 is 0.631 bits per heavy atom. The fourth-order valence-corrected chi connectivity index (χ4v) is 7.90. The molecule has 7 N–H and O–H groups in total. The molecule has 0 aliphatic rings. The summed E-state index contributed by atoms with van der Waals surface area (Å²) in [5.74, 6) is -1.33. The van der Waals surface area contributed by atoms with Crippen molar-refractivity contribution in [3.05, 3.63) is 144 Å². The number of benzene rings is 4. The molecule has 4 aromatic carbocycles. The summed E-state index contributed by atoms with van der Waals surface area (Å²) in [4.78, 5) is 73.8. The lowest BCUT2D eigenvalue weighted by atomic mass is 9.98. The third-order valence-corrected chi connectivity index (χ3v) is 11.7. The Bertz CT molecular complexity index is 2210. The minimum Gasteiger partial charge on any atom is -0.361 e. The van der Waals surface area contributed by atoms with E-state index in [-0.39, 0.29) is 69.1 Å². The summed E-state index contributed by atoms with van der Waals surface area (Å²) in [7, 11) is 1.78. The van der Waals surface area contributed by atoms with Crippen LogP contribution in [0.15, 0.2) is 121 Å². The van der Waals surface area contributed by atoms with Crippen molar-refractivity contribution in [1.29, 1.82) is 0 Å². The third-order valence-electron chi connectivity index (χ3n) is 11.7. The smallest absolute Gasteiger partial charge is 0.243 e. The monoisotopic (exact) mass is 886 g/mol. The summed E-state index contributed by atoms with van der Waals surface area (Å²) >= 11 is 0. The van der Waals surface area contributed by atoms with Crippen molar-refractivity contribution in [3.63, 3.8) is 0 Å². The van der Waals surface area contributed by atoms with Gasteiger partial charge in [0.2, 0.25) is 29.5 Å². The van der Waals surface area contributed by atoms with Gasteiger partial charge in [-0.2, -0.15) is 0 Å². The standard InChI is InChI=1S/C52H67N7O5.CH4/c1-37(2)46(35-51(63)59(3)30-28-39-19-9-5-10-20-39)57-49(61)33-42(23-15-16-29-53)56-52(64)47(32-41-36-54-45-25-14-13-24-44(41)45)58-50(62)34-43(31-40-21-11-6-12-22-40)55-48(60)27-26-38-17-7-4-8-18-38;/h4-14,17-22,24-25,36-37,42-43,46-47,54H,15-16,23,26-35,53H2,1-3H3,(H,55,60)(H,56,64)(H,57,61)(H,58,62);1H4/t42-,43-,46+,47+;/m0./s1. The van der Waals surface area contributed by atoms with Gasteiger partial charge in [0, 0.05) is 80.9 Å². The Morgan fingerprint density at radius 3 is 1.86 bits per heavy atom. The number of amides is 5. The maximum atomic E-state index is 14.4. The Labute approximate surface area is 385 Å². The van der Waals surface area contributed by atoms with Gasteiger partial charge >= 0.3 is 0 Å². The van der Waals surface area contributed by atoms with Crippen molar-refractivity contribution >= 4 is 40.4 Å². The van der Waals surface area contributed by atoms with E-state index < -0.39 is 30.1 Å². The first-order valence-corrected chi connectivity index (χ1v) is 22.8. The van der Waals surface area contributed by atoms with Gasteiger partial charge in [0.05, 0.1) is 0 Å². The van der Waals surface area contributed by atoms with Gasteiger partial charge < -0.3 is 36.9 Å². The molecule has 5 amide bonds. The van der Waals surface area contributed by atoms with Crippen molar-refractivity contribution < 1.29 is 24.0 Å². The Hall–Kier alpha value is -6.27. The number of rotatable bonds is 26. The highest BCUT2D eigenvalue weighted by atomic mass is 16.2. The zero-order valence-corrected chi connectivity index (χ0v) is 37.7. The molecule has 5 aromatic rings. The molecule has 0 unspecified atom stereocenters. The Balaban J connectivity index is 0.00000925. The lowest BCUT2D eigenvalue weighted by Gasteiger charge is -2.27. The molecule has 0 bridgehead atoms. The maximum absolute atomic E-state index is 14.4. The van der Waals surface area contributed by atoms with Crippen LogP contribution in [0.1, 0.15) is 88.5 Å². The first-order valence-electron chi connectivity index (χ1n) is 22.8. The number of aryl methyl sites for hydroxylation is 1. The number of para-hydroxylation sites is 1. The highest BCUT2D eigenvalue weighted by Crippen LogP contribution is 2.20. The molecule has 5 rings (SSSR count). The van der Waals surface area contributed by atoms with Crippen molar-refractivity contribution in [2.45, 2.75) is 116 Å². The molecule has 12 heteroatoms. The minimum absolute atomic E-state index is 0. The van der Waals surface area contributed by atoms with Gasteiger partial charge in [-0.25, -0.2) is 0 Å². The number of fused-ring (bicyclic) bond motifs is 1. The van der Waals surface area contributed by atoms with Crippen LogP contribution in [0.3, 0.4) is 0 Å². The second kappa shape index (κ2) is 27.1. The fourth-order valence-electron chi connectivity index (χ4n) is 7.90. The van der Waals surface area contributed by atoms with Crippen LogP contribution >= 0.6 is 0 Å². The second-order valence-electron chi connectivity index (χ2n) is 17.2. The lowest BCUT2D eigenvalue weighted by molar-refractivity contribution is -0.131. The lowest BCUT2D eigenvalue weighted by Crippen LogP contribution is -2.53. The van der Waals surface area contributed by atoms with E-state index in [4.69, 9.17) is 5.73 Å². The van der Waals surface area contributed by atoms with E-state index in [0.29, 0.717) is 45.2 Å². The van der Waals surface area contributed by atoms with E-state index in [1.165, 1.54) is 0 Å². The Morgan fingerprint density at radius 2 is 1.22 bits per heavy atom. The molecule has 65 heavy (non-hydrogen) atoms. The molecule has 4 atom stereocenters. The number of nitrogens with one attached hydrogen (secondary N) is 5. The normalized spacial score (nSPS) is 12.9. The molecule has 1 heterocycles. The topological polar surface area (TPSA) is 179 Å². The molecule has 0 saturated carbocycles. The molecule has 0 aliphatic heterocycles. The summed E-state index contributed by atoms with van der Waals surface area (Å²) in [6, 6.07) is 34.7. The largest absolute Gasteiger partial charge is 0.361 e. The number of aromatic amines is 1.